The van der Waals surface area contributed by atoms with E-state index in [1.54, 1.807) is 6.92 Å². The van der Waals surface area contributed by atoms with Gasteiger partial charge in [-0.25, -0.2) is 9.97 Å². The SMILES string of the molecule is Cc1c(Cl)nc(-c2ccccc2C(F)(F)F)nc1CCNCc1ccccc1. The van der Waals surface area contributed by atoms with Gasteiger partial charge in [0.1, 0.15) is 5.15 Å². The molecule has 146 valence electrons. The highest BCUT2D eigenvalue weighted by atomic mass is 35.5. The molecule has 0 spiro atoms. The molecule has 3 rings (SSSR count). The topological polar surface area (TPSA) is 37.8 Å². The molecule has 1 aromatic heterocycles. The fourth-order valence-electron chi connectivity index (χ4n) is 2.86. The number of nitrogens with zero attached hydrogens (tertiary/aromatic N) is 2. The van der Waals surface area contributed by atoms with E-state index in [-0.39, 0.29) is 16.5 Å². The van der Waals surface area contributed by atoms with Crippen LogP contribution in [0.4, 0.5) is 13.2 Å². The van der Waals surface area contributed by atoms with Crippen molar-refractivity contribution in [3.05, 3.63) is 82.1 Å². The minimum atomic E-state index is -4.49. The number of alkyl halides is 3. The number of halogens is 4. The zero-order chi connectivity index (χ0) is 20.1. The zero-order valence-corrected chi connectivity index (χ0v) is 16.0. The second-order valence-electron chi connectivity index (χ2n) is 6.37. The average molecular weight is 406 g/mol. The molecule has 0 aliphatic carbocycles. The van der Waals surface area contributed by atoms with Gasteiger partial charge >= 0.3 is 6.18 Å². The van der Waals surface area contributed by atoms with Crippen molar-refractivity contribution in [2.75, 3.05) is 6.54 Å². The van der Waals surface area contributed by atoms with Crippen molar-refractivity contribution in [3.63, 3.8) is 0 Å². The Hall–Kier alpha value is -2.44. The smallest absolute Gasteiger partial charge is 0.312 e. The molecule has 0 fully saturated rings. The second kappa shape index (κ2) is 8.71. The van der Waals surface area contributed by atoms with Gasteiger partial charge in [0.25, 0.3) is 0 Å². The molecule has 0 saturated heterocycles. The first-order valence-corrected chi connectivity index (χ1v) is 9.18. The highest BCUT2D eigenvalue weighted by Crippen LogP contribution is 2.36. The second-order valence-corrected chi connectivity index (χ2v) is 6.72. The van der Waals surface area contributed by atoms with Crippen LogP contribution in [0.15, 0.2) is 54.6 Å². The Morgan fingerprint density at radius 3 is 2.36 bits per heavy atom. The maximum absolute atomic E-state index is 13.3. The summed E-state index contributed by atoms with van der Waals surface area (Å²) >= 11 is 6.19. The summed E-state index contributed by atoms with van der Waals surface area (Å²) in [5, 5.41) is 3.47. The first kappa shape index (κ1) is 20.3. The molecule has 0 aliphatic heterocycles. The molecule has 1 heterocycles. The number of nitrogens with one attached hydrogen (secondary N) is 1. The lowest BCUT2D eigenvalue weighted by Crippen LogP contribution is -2.18. The van der Waals surface area contributed by atoms with Gasteiger partial charge in [-0.2, -0.15) is 13.2 Å². The summed E-state index contributed by atoms with van der Waals surface area (Å²) in [7, 11) is 0. The van der Waals surface area contributed by atoms with Crippen molar-refractivity contribution in [2.24, 2.45) is 0 Å². The van der Waals surface area contributed by atoms with Crippen LogP contribution in [0.25, 0.3) is 11.4 Å². The van der Waals surface area contributed by atoms with Crippen LogP contribution in [-0.4, -0.2) is 16.5 Å². The number of rotatable bonds is 6. The fraction of sp³-hybridized carbons (Fsp3) is 0.238. The van der Waals surface area contributed by atoms with Crippen LogP contribution in [-0.2, 0) is 19.1 Å². The number of hydrogen-bond acceptors (Lipinski definition) is 3. The third-order valence-electron chi connectivity index (χ3n) is 4.37. The summed E-state index contributed by atoms with van der Waals surface area (Å²) in [5.74, 6) is -0.0124. The molecule has 28 heavy (non-hydrogen) atoms. The minimum Gasteiger partial charge on any atom is -0.312 e. The molecular formula is C21H19ClF3N3. The molecule has 0 radical (unpaired) electrons. The quantitative estimate of drug-likeness (QED) is 0.437. The fourth-order valence-corrected chi connectivity index (χ4v) is 3.05. The normalized spacial score (nSPS) is 11.6. The van der Waals surface area contributed by atoms with Gasteiger partial charge in [-0.15, -0.1) is 0 Å². The van der Waals surface area contributed by atoms with E-state index in [1.165, 1.54) is 18.2 Å². The van der Waals surface area contributed by atoms with E-state index in [0.717, 1.165) is 11.6 Å². The summed E-state index contributed by atoms with van der Waals surface area (Å²) < 4.78 is 40.0. The summed E-state index contributed by atoms with van der Waals surface area (Å²) in [5.41, 5.74) is 1.61. The molecule has 1 N–H and O–H groups in total. The third kappa shape index (κ3) is 4.88. The molecule has 3 nitrogen and oxygen atoms in total. The van der Waals surface area contributed by atoms with Crippen LogP contribution in [0.5, 0.6) is 0 Å². The van der Waals surface area contributed by atoms with Gasteiger partial charge in [0.05, 0.1) is 11.3 Å². The van der Waals surface area contributed by atoms with Crippen LogP contribution in [0, 0.1) is 6.92 Å². The van der Waals surface area contributed by atoms with Crippen LogP contribution in [0.1, 0.15) is 22.4 Å². The lowest BCUT2D eigenvalue weighted by molar-refractivity contribution is -0.137. The lowest BCUT2D eigenvalue weighted by atomic mass is 10.1. The lowest BCUT2D eigenvalue weighted by Gasteiger charge is -2.14. The van der Waals surface area contributed by atoms with Crippen LogP contribution >= 0.6 is 11.6 Å². The average Bonchev–Trinajstić information content (AvgIpc) is 2.68. The number of aromatic nitrogens is 2. The van der Waals surface area contributed by atoms with E-state index < -0.39 is 11.7 Å². The minimum absolute atomic E-state index is 0.0124. The van der Waals surface area contributed by atoms with Gasteiger partial charge in [-0.1, -0.05) is 60.1 Å². The van der Waals surface area contributed by atoms with Crippen molar-refractivity contribution in [3.8, 4) is 11.4 Å². The highest BCUT2D eigenvalue weighted by molar-refractivity contribution is 6.30. The summed E-state index contributed by atoms with van der Waals surface area (Å²) in [6.07, 6.45) is -3.96. The van der Waals surface area contributed by atoms with Crippen LogP contribution in [0.2, 0.25) is 5.15 Å². The molecule has 7 heteroatoms. The Morgan fingerprint density at radius 2 is 1.64 bits per heavy atom. The highest BCUT2D eigenvalue weighted by Gasteiger charge is 2.34. The first-order valence-electron chi connectivity index (χ1n) is 8.80. The maximum Gasteiger partial charge on any atom is 0.417 e. The maximum atomic E-state index is 13.3. The van der Waals surface area contributed by atoms with E-state index in [9.17, 15) is 13.2 Å². The first-order chi connectivity index (χ1) is 13.4. The van der Waals surface area contributed by atoms with Gasteiger partial charge < -0.3 is 5.32 Å². The molecule has 0 unspecified atom stereocenters. The summed E-state index contributed by atoms with van der Waals surface area (Å²) in [6, 6.07) is 15.2. The molecule has 0 aliphatic rings. The molecule has 0 bridgehead atoms. The largest absolute Gasteiger partial charge is 0.417 e. The molecule has 0 atom stereocenters. The molecular weight excluding hydrogens is 387 g/mol. The van der Waals surface area contributed by atoms with Crippen molar-refractivity contribution in [1.29, 1.82) is 0 Å². The molecule has 0 saturated carbocycles. The van der Waals surface area contributed by atoms with Gasteiger partial charge in [0, 0.05) is 30.6 Å². The van der Waals surface area contributed by atoms with Crippen LogP contribution in [0.3, 0.4) is 0 Å². The van der Waals surface area contributed by atoms with E-state index in [4.69, 9.17) is 11.6 Å². The number of hydrogen-bond donors (Lipinski definition) is 1. The van der Waals surface area contributed by atoms with Crippen molar-refractivity contribution < 1.29 is 13.2 Å². The predicted octanol–water partition coefficient (Wildman–Crippen LogP) is 5.46. The number of benzene rings is 2. The predicted molar refractivity (Wildman–Crippen MR) is 104 cm³/mol. The zero-order valence-electron chi connectivity index (χ0n) is 15.2. The standard InChI is InChI=1S/C21H19ClF3N3/c1-14-18(11-12-26-13-15-7-3-2-4-8-15)27-20(28-19(14)22)16-9-5-6-10-17(16)21(23,24)25/h2-10,26H,11-13H2,1H3. The summed E-state index contributed by atoms with van der Waals surface area (Å²) in [4.78, 5) is 8.47. The van der Waals surface area contributed by atoms with Crippen molar-refractivity contribution in [1.82, 2.24) is 15.3 Å². The van der Waals surface area contributed by atoms with E-state index in [2.05, 4.69) is 15.3 Å². The monoisotopic (exact) mass is 405 g/mol. The van der Waals surface area contributed by atoms with E-state index in [1.807, 2.05) is 30.3 Å². The van der Waals surface area contributed by atoms with Crippen molar-refractivity contribution in [2.45, 2.75) is 26.1 Å². The van der Waals surface area contributed by atoms with Gasteiger partial charge in [0.15, 0.2) is 5.82 Å². The van der Waals surface area contributed by atoms with Gasteiger partial charge in [0.2, 0.25) is 0 Å². The van der Waals surface area contributed by atoms with E-state index in [0.29, 0.717) is 30.8 Å². The van der Waals surface area contributed by atoms with Gasteiger partial charge in [-0.3, -0.25) is 0 Å². The molecule has 3 aromatic rings. The summed E-state index contributed by atoms with van der Waals surface area (Å²) in [6.45, 7) is 3.08. The Bertz CT molecular complexity index is 943. The van der Waals surface area contributed by atoms with E-state index >= 15 is 0 Å². The molecule has 0 amide bonds. The Labute approximate surface area is 166 Å². The molecule has 2 aromatic carbocycles. The Balaban J connectivity index is 1.80. The third-order valence-corrected chi connectivity index (χ3v) is 4.74. The van der Waals surface area contributed by atoms with Crippen molar-refractivity contribution >= 4 is 11.6 Å². The Kier molecular flexibility index (Phi) is 6.31. The Morgan fingerprint density at radius 1 is 0.964 bits per heavy atom. The van der Waals surface area contributed by atoms with Gasteiger partial charge in [-0.05, 0) is 18.6 Å². The van der Waals surface area contributed by atoms with Crippen LogP contribution < -0.4 is 5.32 Å².